The topological polar surface area (TPSA) is 77.1 Å². The molecule has 0 spiro atoms. The van der Waals surface area contributed by atoms with Gasteiger partial charge < -0.3 is 19.5 Å². The van der Waals surface area contributed by atoms with Crippen LogP contribution < -0.4 is 10.2 Å². The maximum absolute atomic E-state index is 13.3. The van der Waals surface area contributed by atoms with Crippen molar-refractivity contribution >= 4 is 29.3 Å². The lowest BCUT2D eigenvalue weighted by Crippen LogP contribution is -2.28. The first-order valence-corrected chi connectivity index (χ1v) is 12.9. The summed E-state index contributed by atoms with van der Waals surface area (Å²) in [7, 11) is 0. The molecule has 2 unspecified atom stereocenters. The van der Waals surface area contributed by atoms with E-state index in [1.54, 1.807) is 35.2 Å². The Morgan fingerprint density at radius 2 is 1.89 bits per heavy atom. The summed E-state index contributed by atoms with van der Waals surface area (Å²) in [6.07, 6.45) is 2.35. The highest BCUT2D eigenvalue weighted by molar-refractivity contribution is 8.00. The van der Waals surface area contributed by atoms with Crippen LogP contribution in [0.5, 0.6) is 0 Å². The van der Waals surface area contributed by atoms with E-state index in [4.69, 9.17) is 14.2 Å². The average molecular weight is 503 g/mol. The van der Waals surface area contributed by atoms with Crippen LogP contribution in [-0.4, -0.2) is 63.3 Å². The molecule has 1 N–H and O–H groups in total. The first kappa shape index (κ1) is 25.6. The number of thioether (sulfide) groups is 1. The Morgan fingerprint density at radius 1 is 1.11 bits per heavy atom. The van der Waals surface area contributed by atoms with Gasteiger partial charge in [0.15, 0.2) is 0 Å². The van der Waals surface area contributed by atoms with Gasteiger partial charge in [-0.25, -0.2) is 9.18 Å². The first-order valence-electron chi connectivity index (χ1n) is 11.9. The van der Waals surface area contributed by atoms with Gasteiger partial charge in [0, 0.05) is 11.7 Å². The summed E-state index contributed by atoms with van der Waals surface area (Å²) in [6, 6.07) is 11.8. The Bertz CT molecular complexity index is 1010. The van der Waals surface area contributed by atoms with E-state index in [2.05, 4.69) is 5.32 Å². The van der Waals surface area contributed by atoms with E-state index in [1.165, 1.54) is 30.3 Å². The third-order valence-electron chi connectivity index (χ3n) is 6.03. The molecule has 2 aliphatic rings. The van der Waals surface area contributed by atoms with Gasteiger partial charge in [0.2, 0.25) is 5.91 Å². The summed E-state index contributed by atoms with van der Waals surface area (Å²) in [6.45, 7) is 5.03. The maximum Gasteiger partial charge on any atom is 0.338 e. The minimum atomic E-state index is -0.441. The number of rotatable bonds is 11. The predicted octanol–water partition coefficient (Wildman–Crippen LogP) is 3.85. The maximum atomic E-state index is 13.3. The first-order chi connectivity index (χ1) is 17.0. The van der Waals surface area contributed by atoms with Gasteiger partial charge in [0.05, 0.1) is 37.7 Å². The molecule has 2 aliphatic heterocycles. The van der Waals surface area contributed by atoms with Crippen LogP contribution in [0.1, 0.15) is 39.7 Å². The fraction of sp³-hybridized carbons (Fsp3) is 0.462. The molecule has 1 amide bonds. The van der Waals surface area contributed by atoms with Gasteiger partial charge in [0.25, 0.3) is 0 Å². The van der Waals surface area contributed by atoms with Crippen LogP contribution in [-0.2, 0) is 19.0 Å². The van der Waals surface area contributed by atoms with Crippen LogP contribution in [0.15, 0.2) is 42.5 Å². The molecule has 2 saturated heterocycles. The summed E-state index contributed by atoms with van der Waals surface area (Å²) in [4.78, 5) is 26.8. The number of amides is 1. The number of carbonyl (C=O) groups excluding carboxylic acids is 2. The molecular formula is C26H31FN2O5S. The summed E-state index contributed by atoms with van der Waals surface area (Å²) in [5.74, 6) is -0.440. The molecule has 0 aromatic heterocycles. The van der Waals surface area contributed by atoms with Crippen molar-refractivity contribution in [3.05, 3.63) is 65.0 Å². The fourth-order valence-corrected chi connectivity index (χ4v) is 5.40. The number of benzene rings is 2. The number of halogens is 1. The second-order valence-electron chi connectivity index (χ2n) is 8.60. The lowest BCUT2D eigenvalue weighted by Gasteiger charge is -2.26. The minimum absolute atomic E-state index is 0.0246. The second kappa shape index (κ2) is 12.5. The van der Waals surface area contributed by atoms with Crippen LogP contribution in [0.3, 0.4) is 0 Å². The number of carbonyl (C=O) groups is 2. The third kappa shape index (κ3) is 6.82. The summed E-state index contributed by atoms with van der Waals surface area (Å²) < 4.78 is 29.7. The van der Waals surface area contributed by atoms with Crippen molar-refractivity contribution in [3.63, 3.8) is 0 Å². The molecular weight excluding hydrogens is 471 g/mol. The van der Waals surface area contributed by atoms with Crippen LogP contribution in [0.4, 0.5) is 10.1 Å². The van der Waals surface area contributed by atoms with Gasteiger partial charge in [-0.3, -0.25) is 9.69 Å². The normalized spacial score (nSPS) is 19.9. The Labute approximate surface area is 209 Å². The number of aryl methyl sites for hydroxylation is 1. The van der Waals surface area contributed by atoms with Gasteiger partial charge in [0.1, 0.15) is 17.8 Å². The van der Waals surface area contributed by atoms with Crippen molar-refractivity contribution in [2.75, 3.05) is 50.2 Å². The van der Waals surface area contributed by atoms with Crippen molar-refractivity contribution in [1.82, 2.24) is 5.32 Å². The van der Waals surface area contributed by atoms with Crippen molar-refractivity contribution in [3.8, 4) is 0 Å². The average Bonchev–Trinajstić information content (AvgIpc) is 3.51. The molecule has 2 aromatic carbocycles. The monoisotopic (exact) mass is 502 g/mol. The Kier molecular flexibility index (Phi) is 9.14. The van der Waals surface area contributed by atoms with E-state index in [0.717, 1.165) is 29.8 Å². The van der Waals surface area contributed by atoms with Crippen molar-refractivity contribution < 1.29 is 28.2 Å². The largest absolute Gasteiger partial charge is 0.460 e. The Balaban J connectivity index is 1.24. The molecule has 35 heavy (non-hydrogen) atoms. The zero-order valence-corrected chi connectivity index (χ0v) is 20.7. The summed E-state index contributed by atoms with van der Waals surface area (Å²) >= 11 is 1.49. The van der Waals surface area contributed by atoms with Gasteiger partial charge in [-0.2, -0.15) is 0 Å². The molecule has 4 rings (SSSR count). The van der Waals surface area contributed by atoms with Crippen LogP contribution >= 0.6 is 11.8 Å². The highest BCUT2D eigenvalue weighted by Crippen LogP contribution is 2.42. The third-order valence-corrected chi connectivity index (χ3v) is 7.24. The molecule has 0 aliphatic carbocycles. The Morgan fingerprint density at radius 3 is 2.63 bits per heavy atom. The number of hydrogen-bond donors (Lipinski definition) is 1. The number of hydrogen-bond acceptors (Lipinski definition) is 7. The highest BCUT2D eigenvalue weighted by atomic mass is 32.2. The lowest BCUT2D eigenvalue weighted by atomic mass is 10.1. The molecule has 188 valence electrons. The molecule has 0 bridgehead atoms. The van der Waals surface area contributed by atoms with Crippen molar-refractivity contribution in [1.29, 1.82) is 0 Å². The van der Waals surface area contributed by atoms with Crippen LogP contribution in [0.25, 0.3) is 0 Å². The van der Waals surface area contributed by atoms with Gasteiger partial charge in [-0.05, 0) is 67.8 Å². The number of anilines is 1. The van der Waals surface area contributed by atoms with Crippen LogP contribution in [0, 0.1) is 12.7 Å². The van der Waals surface area contributed by atoms with E-state index >= 15 is 0 Å². The highest BCUT2D eigenvalue weighted by Gasteiger charge is 2.35. The van der Waals surface area contributed by atoms with E-state index in [-0.39, 0.29) is 23.7 Å². The Hall–Kier alpha value is -2.46. The summed E-state index contributed by atoms with van der Waals surface area (Å²) in [5, 5.41) is 3.14. The zero-order valence-electron chi connectivity index (χ0n) is 19.8. The molecule has 9 heteroatoms. The standard InChI is InChI=1S/C26H31FN2O5S/c1-18-15-20(26(31)34-14-13-32-11-12-33-16-22-3-2-10-28-22)6-9-23(18)29-24(30)17-35-25(29)19-4-7-21(27)8-5-19/h4-9,15,22,25,28H,2-3,10-14,16-17H2,1H3. The van der Waals surface area contributed by atoms with E-state index in [9.17, 15) is 14.0 Å². The van der Waals surface area contributed by atoms with Crippen LogP contribution in [0.2, 0.25) is 0 Å². The molecule has 2 heterocycles. The molecule has 0 saturated carbocycles. The quantitative estimate of drug-likeness (QED) is 0.369. The van der Waals surface area contributed by atoms with Gasteiger partial charge >= 0.3 is 5.97 Å². The molecule has 2 atom stereocenters. The number of ether oxygens (including phenoxy) is 3. The van der Waals surface area contributed by atoms with Crippen molar-refractivity contribution in [2.24, 2.45) is 0 Å². The number of nitrogens with one attached hydrogen (secondary N) is 1. The van der Waals surface area contributed by atoms with E-state index in [1.807, 2.05) is 6.92 Å². The van der Waals surface area contributed by atoms with Gasteiger partial charge in [-0.15, -0.1) is 11.8 Å². The zero-order chi connectivity index (χ0) is 24.6. The van der Waals surface area contributed by atoms with E-state index < -0.39 is 5.97 Å². The van der Waals surface area contributed by atoms with E-state index in [0.29, 0.717) is 43.8 Å². The summed E-state index contributed by atoms with van der Waals surface area (Å²) in [5.41, 5.74) is 2.77. The molecule has 0 radical (unpaired) electrons. The molecule has 7 nitrogen and oxygen atoms in total. The smallest absolute Gasteiger partial charge is 0.338 e. The van der Waals surface area contributed by atoms with Crippen molar-refractivity contribution in [2.45, 2.75) is 31.2 Å². The fourth-order valence-electron chi connectivity index (χ4n) is 4.23. The minimum Gasteiger partial charge on any atom is -0.460 e. The second-order valence-corrected chi connectivity index (χ2v) is 9.66. The lowest BCUT2D eigenvalue weighted by molar-refractivity contribution is -0.115. The predicted molar refractivity (Wildman–Crippen MR) is 133 cm³/mol. The number of esters is 1. The van der Waals surface area contributed by atoms with Gasteiger partial charge in [-0.1, -0.05) is 12.1 Å². The SMILES string of the molecule is Cc1cc(C(=O)OCCOCCOCC2CCCN2)ccc1N1C(=O)CSC1c1ccc(F)cc1. The molecule has 2 fully saturated rings. The molecule has 2 aromatic rings. The number of nitrogens with zero attached hydrogens (tertiary/aromatic N) is 1.